The van der Waals surface area contributed by atoms with Gasteiger partial charge >= 0.3 is 5.97 Å². The second-order valence-electron chi connectivity index (χ2n) is 5.87. The smallest absolute Gasteiger partial charge is 0.355 e. The van der Waals surface area contributed by atoms with Crippen LogP contribution in [0.3, 0.4) is 0 Å². The van der Waals surface area contributed by atoms with Gasteiger partial charge in [-0.25, -0.2) is 10.2 Å². The lowest BCUT2D eigenvalue weighted by Crippen LogP contribution is -2.35. The van der Waals surface area contributed by atoms with Crippen LogP contribution in [0.15, 0.2) is 29.4 Å². The van der Waals surface area contributed by atoms with Crippen molar-refractivity contribution in [3.8, 4) is 0 Å². The summed E-state index contributed by atoms with van der Waals surface area (Å²) in [7, 11) is 0. The van der Waals surface area contributed by atoms with Gasteiger partial charge in [0.1, 0.15) is 5.71 Å². The normalized spacial score (nSPS) is 15.3. The molecule has 0 aliphatic carbocycles. The summed E-state index contributed by atoms with van der Waals surface area (Å²) in [5.41, 5.74) is 4.03. The molecular formula is C17H21N3O4. The molecule has 0 aromatic heterocycles. The van der Waals surface area contributed by atoms with E-state index in [1.807, 2.05) is 38.1 Å². The zero-order valence-electron chi connectivity index (χ0n) is 14.0. The Labute approximate surface area is 140 Å². The standard InChI is InChI=1S/C17H21N3O4/c1-10(2)12-6-4-5-7-13(12)18-16(22)11(3)24-17(23)14-8-9-15(21)20-19-14/h4-7,10-11H,8-9H2,1-3H3,(H,18,22)(H,20,21)/t11-/m0/s1. The third kappa shape index (κ3) is 4.41. The fourth-order valence-electron chi connectivity index (χ4n) is 2.25. The molecule has 0 spiro atoms. The van der Waals surface area contributed by atoms with Crippen LogP contribution in [0, 0.1) is 0 Å². The van der Waals surface area contributed by atoms with Crippen LogP contribution >= 0.6 is 0 Å². The summed E-state index contributed by atoms with van der Waals surface area (Å²) in [6.45, 7) is 5.56. The highest BCUT2D eigenvalue weighted by Gasteiger charge is 2.24. The van der Waals surface area contributed by atoms with Gasteiger partial charge in [0.15, 0.2) is 6.10 Å². The summed E-state index contributed by atoms with van der Waals surface area (Å²) in [6, 6.07) is 7.49. The van der Waals surface area contributed by atoms with Crippen LogP contribution in [0.5, 0.6) is 0 Å². The minimum absolute atomic E-state index is 0.108. The van der Waals surface area contributed by atoms with E-state index in [1.54, 1.807) is 0 Å². The van der Waals surface area contributed by atoms with E-state index in [-0.39, 0.29) is 30.4 Å². The second kappa shape index (κ2) is 7.72. The van der Waals surface area contributed by atoms with Crippen LogP contribution in [-0.4, -0.2) is 29.6 Å². The summed E-state index contributed by atoms with van der Waals surface area (Å²) in [4.78, 5) is 35.2. The maximum Gasteiger partial charge on any atom is 0.355 e. The van der Waals surface area contributed by atoms with E-state index in [1.165, 1.54) is 6.92 Å². The first-order chi connectivity index (χ1) is 11.4. The third-order valence-corrected chi connectivity index (χ3v) is 3.63. The zero-order chi connectivity index (χ0) is 17.7. The first-order valence-corrected chi connectivity index (χ1v) is 7.84. The van der Waals surface area contributed by atoms with Crippen LogP contribution in [0.1, 0.15) is 45.1 Å². The number of carbonyl (C=O) groups is 3. The lowest BCUT2D eigenvalue weighted by atomic mass is 10.0. The Morgan fingerprint density at radius 3 is 2.54 bits per heavy atom. The van der Waals surface area contributed by atoms with Gasteiger partial charge in [-0.05, 0) is 24.5 Å². The zero-order valence-corrected chi connectivity index (χ0v) is 14.0. The largest absolute Gasteiger partial charge is 0.448 e. The van der Waals surface area contributed by atoms with Crippen molar-refractivity contribution < 1.29 is 19.1 Å². The molecule has 128 valence electrons. The molecule has 1 aromatic rings. The molecule has 2 N–H and O–H groups in total. The number of benzene rings is 1. The summed E-state index contributed by atoms with van der Waals surface area (Å²) in [6.07, 6.45) is -0.594. The van der Waals surface area contributed by atoms with Crippen molar-refractivity contribution in [2.24, 2.45) is 5.10 Å². The SMILES string of the molecule is CC(C)c1ccccc1NC(=O)[C@H](C)OC(=O)C1=NNC(=O)CC1. The Morgan fingerprint density at radius 2 is 1.92 bits per heavy atom. The summed E-state index contributed by atoms with van der Waals surface area (Å²) < 4.78 is 5.13. The topological polar surface area (TPSA) is 96.9 Å². The van der Waals surface area contributed by atoms with Crippen LogP contribution in [-0.2, 0) is 19.1 Å². The highest BCUT2D eigenvalue weighted by atomic mass is 16.5. The van der Waals surface area contributed by atoms with Crippen molar-refractivity contribution in [3.05, 3.63) is 29.8 Å². The molecule has 0 radical (unpaired) electrons. The number of ether oxygens (including phenoxy) is 1. The number of para-hydroxylation sites is 1. The molecule has 1 aliphatic rings. The van der Waals surface area contributed by atoms with Gasteiger partial charge in [0.25, 0.3) is 5.91 Å². The average Bonchev–Trinajstić information content (AvgIpc) is 2.55. The molecule has 0 saturated carbocycles. The number of amides is 2. The Balaban J connectivity index is 1.98. The van der Waals surface area contributed by atoms with E-state index in [0.29, 0.717) is 5.69 Å². The highest BCUT2D eigenvalue weighted by molar-refractivity contribution is 6.37. The molecule has 0 saturated heterocycles. The summed E-state index contributed by atoms with van der Waals surface area (Å²) >= 11 is 0. The number of anilines is 1. The molecular weight excluding hydrogens is 310 g/mol. The predicted molar refractivity (Wildman–Crippen MR) is 89.5 cm³/mol. The maximum atomic E-state index is 12.3. The van der Waals surface area contributed by atoms with Crippen LogP contribution in [0.25, 0.3) is 0 Å². The number of hydrogen-bond donors (Lipinski definition) is 2. The van der Waals surface area contributed by atoms with E-state index in [0.717, 1.165) is 5.56 Å². The van der Waals surface area contributed by atoms with Gasteiger partial charge in [0, 0.05) is 18.5 Å². The fraction of sp³-hybridized carbons (Fsp3) is 0.412. The van der Waals surface area contributed by atoms with Crippen molar-refractivity contribution in [3.63, 3.8) is 0 Å². The molecule has 1 aliphatic heterocycles. The summed E-state index contributed by atoms with van der Waals surface area (Å²) in [5, 5.41) is 6.44. The lowest BCUT2D eigenvalue weighted by molar-refractivity contribution is -0.146. The van der Waals surface area contributed by atoms with Gasteiger partial charge in [0.05, 0.1) is 0 Å². The minimum Gasteiger partial charge on any atom is -0.448 e. The van der Waals surface area contributed by atoms with Gasteiger partial charge in [-0.2, -0.15) is 5.10 Å². The van der Waals surface area contributed by atoms with E-state index >= 15 is 0 Å². The Bertz CT molecular complexity index is 682. The fourth-order valence-corrected chi connectivity index (χ4v) is 2.25. The van der Waals surface area contributed by atoms with Gasteiger partial charge in [-0.1, -0.05) is 32.0 Å². The number of rotatable bonds is 5. The van der Waals surface area contributed by atoms with Gasteiger partial charge in [-0.3, -0.25) is 9.59 Å². The molecule has 0 fully saturated rings. The van der Waals surface area contributed by atoms with E-state index in [9.17, 15) is 14.4 Å². The molecule has 1 atom stereocenters. The minimum atomic E-state index is -0.974. The predicted octanol–water partition coefficient (Wildman–Crippen LogP) is 1.95. The van der Waals surface area contributed by atoms with Gasteiger partial charge in [-0.15, -0.1) is 0 Å². The molecule has 0 unspecified atom stereocenters. The van der Waals surface area contributed by atoms with Crippen molar-refractivity contribution in [1.29, 1.82) is 0 Å². The van der Waals surface area contributed by atoms with E-state index in [2.05, 4.69) is 15.8 Å². The van der Waals surface area contributed by atoms with Gasteiger partial charge < -0.3 is 10.1 Å². The highest BCUT2D eigenvalue weighted by Crippen LogP contribution is 2.23. The van der Waals surface area contributed by atoms with Crippen molar-refractivity contribution in [2.75, 3.05) is 5.32 Å². The van der Waals surface area contributed by atoms with Crippen molar-refractivity contribution in [2.45, 2.75) is 45.6 Å². The van der Waals surface area contributed by atoms with Crippen LogP contribution in [0.4, 0.5) is 5.69 Å². The number of nitrogens with zero attached hydrogens (tertiary/aromatic N) is 1. The average molecular weight is 331 g/mol. The molecule has 24 heavy (non-hydrogen) atoms. The molecule has 2 amide bonds. The molecule has 7 heteroatoms. The maximum absolute atomic E-state index is 12.3. The monoisotopic (exact) mass is 331 g/mol. The number of carbonyl (C=O) groups excluding carboxylic acids is 3. The Kier molecular flexibility index (Phi) is 5.68. The number of hydrogen-bond acceptors (Lipinski definition) is 5. The first-order valence-electron chi connectivity index (χ1n) is 7.84. The van der Waals surface area contributed by atoms with E-state index in [4.69, 9.17) is 4.74 Å². The second-order valence-corrected chi connectivity index (χ2v) is 5.87. The van der Waals surface area contributed by atoms with E-state index < -0.39 is 18.0 Å². The Morgan fingerprint density at radius 1 is 1.21 bits per heavy atom. The number of esters is 1. The van der Waals surface area contributed by atoms with Crippen LogP contribution in [0.2, 0.25) is 0 Å². The number of hydrazone groups is 1. The summed E-state index contributed by atoms with van der Waals surface area (Å²) in [5.74, 6) is -1.12. The molecule has 2 rings (SSSR count). The van der Waals surface area contributed by atoms with Crippen molar-refractivity contribution >= 4 is 29.2 Å². The molecule has 1 aromatic carbocycles. The molecule has 7 nitrogen and oxygen atoms in total. The van der Waals surface area contributed by atoms with Gasteiger partial charge in [0.2, 0.25) is 5.91 Å². The molecule has 0 bridgehead atoms. The third-order valence-electron chi connectivity index (χ3n) is 3.63. The lowest BCUT2D eigenvalue weighted by Gasteiger charge is -2.18. The number of nitrogens with one attached hydrogen (secondary N) is 2. The molecule has 1 heterocycles. The quantitative estimate of drug-likeness (QED) is 0.806. The first kappa shape index (κ1) is 17.7. The van der Waals surface area contributed by atoms with Crippen molar-refractivity contribution in [1.82, 2.24) is 5.43 Å². The van der Waals surface area contributed by atoms with Crippen LogP contribution < -0.4 is 10.7 Å². The Hall–Kier alpha value is -2.70.